The highest BCUT2D eigenvalue weighted by Gasteiger charge is 2.22. The lowest BCUT2D eigenvalue weighted by Crippen LogP contribution is -2.10. The fraction of sp³-hybridized carbons (Fsp3) is 0.414. The molecule has 2 aromatic carbocycles. The third-order valence-electron chi connectivity index (χ3n) is 5.80. The number of hydrogen-bond donors (Lipinski definition) is 0. The van der Waals surface area contributed by atoms with Gasteiger partial charge in [-0.25, -0.2) is 4.79 Å². The Morgan fingerprint density at radius 1 is 1.00 bits per heavy atom. The van der Waals surface area contributed by atoms with Gasteiger partial charge in [0.15, 0.2) is 0 Å². The first-order valence-electron chi connectivity index (χ1n) is 11.7. The van der Waals surface area contributed by atoms with Crippen LogP contribution < -0.4 is 0 Å². The Bertz CT molecular complexity index is 1080. The summed E-state index contributed by atoms with van der Waals surface area (Å²) in [5, 5.41) is 0.286. The fourth-order valence-corrected chi connectivity index (χ4v) is 6.67. The van der Waals surface area contributed by atoms with Gasteiger partial charge in [-0.1, -0.05) is 58.9 Å². The highest BCUT2D eigenvalue weighted by atomic mass is 32.2. The third kappa shape index (κ3) is 6.10. The molecule has 0 amide bonds. The number of thioether (sulfide) groups is 1. The summed E-state index contributed by atoms with van der Waals surface area (Å²) in [6.07, 6.45) is 0. The van der Waals surface area contributed by atoms with Crippen LogP contribution >= 0.6 is 23.1 Å². The smallest absolute Gasteiger partial charge is 0.348 e. The minimum Gasteiger partial charge on any atom is -0.462 e. The van der Waals surface area contributed by atoms with E-state index >= 15 is 0 Å². The van der Waals surface area contributed by atoms with E-state index in [1.165, 1.54) is 37.6 Å². The summed E-state index contributed by atoms with van der Waals surface area (Å²) in [4.78, 5) is 15.3. The molecule has 0 fully saturated rings. The highest BCUT2D eigenvalue weighted by molar-refractivity contribution is 7.99. The second-order valence-electron chi connectivity index (χ2n) is 9.96. The number of carbonyl (C=O) groups excluding carboxylic acids is 1. The number of aryl methyl sites for hydroxylation is 2. The van der Waals surface area contributed by atoms with Crippen molar-refractivity contribution in [2.45, 2.75) is 71.0 Å². The van der Waals surface area contributed by atoms with Crippen LogP contribution in [0.15, 0.2) is 53.4 Å². The monoisotopic (exact) mass is 480 g/mol. The normalized spacial score (nSPS) is 12.8. The molecule has 0 aliphatic carbocycles. The average Bonchev–Trinajstić information content (AvgIpc) is 3.21. The second-order valence-corrected chi connectivity index (χ2v) is 12.3. The summed E-state index contributed by atoms with van der Waals surface area (Å²) in [6, 6.07) is 17.6. The minimum absolute atomic E-state index is 0.157. The lowest BCUT2D eigenvalue weighted by atomic mass is 9.85. The van der Waals surface area contributed by atoms with Gasteiger partial charge in [-0.3, -0.25) is 0 Å². The van der Waals surface area contributed by atoms with Gasteiger partial charge in [-0.05, 0) is 84.2 Å². The standard InChI is InChI=1S/C29H36O2S2/c1-9-31-28(30)25-15-14-24(33-25)27(18(2)3)32-23-16-19(4)26(20(5)17-23)21-10-12-22(13-11-21)29(6,7)8/h10-18,27H,9H2,1-8H3/t27-/m1/s1. The summed E-state index contributed by atoms with van der Waals surface area (Å²) in [5.41, 5.74) is 6.69. The van der Waals surface area contributed by atoms with Crippen LogP contribution in [-0.2, 0) is 10.2 Å². The number of rotatable bonds is 7. The molecule has 0 saturated heterocycles. The summed E-state index contributed by atoms with van der Waals surface area (Å²) in [5.74, 6) is 0.212. The number of benzene rings is 2. The van der Waals surface area contributed by atoms with Gasteiger partial charge in [0.1, 0.15) is 4.88 Å². The van der Waals surface area contributed by atoms with Gasteiger partial charge in [0.05, 0.1) is 6.61 Å². The van der Waals surface area contributed by atoms with Crippen LogP contribution in [0.25, 0.3) is 11.1 Å². The molecule has 1 atom stereocenters. The van der Waals surface area contributed by atoms with E-state index in [9.17, 15) is 4.79 Å². The molecule has 0 saturated carbocycles. The maximum absolute atomic E-state index is 12.1. The zero-order chi connectivity index (χ0) is 24.3. The summed E-state index contributed by atoms with van der Waals surface area (Å²) in [6.45, 7) is 17.9. The predicted molar refractivity (Wildman–Crippen MR) is 144 cm³/mol. The van der Waals surface area contributed by atoms with Crippen LogP contribution in [0.1, 0.15) is 78.0 Å². The Hall–Kier alpha value is -2.04. The Kier molecular flexibility index (Phi) is 8.13. The van der Waals surface area contributed by atoms with Crippen LogP contribution in [0.5, 0.6) is 0 Å². The van der Waals surface area contributed by atoms with Gasteiger partial charge in [0, 0.05) is 15.0 Å². The summed E-state index contributed by atoms with van der Waals surface area (Å²) < 4.78 is 5.18. The SMILES string of the molecule is CCOC(=O)c1ccc([C@H](Sc2cc(C)c(-c3ccc(C(C)(C)C)cc3)c(C)c2)C(C)C)s1. The molecule has 3 rings (SSSR count). The first-order valence-corrected chi connectivity index (χ1v) is 13.4. The van der Waals surface area contributed by atoms with Crippen molar-refractivity contribution in [1.82, 2.24) is 0 Å². The van der Waals surface area contributed by atoms with Crippen LogP contribution in [0.4, 0.5) is 0 Å². The van der Waals surface area contributed by atoms with Crippen LogP contribution in [-0.4, -0.2) is 12.6 Å². The molecule has 2 nitrogen and oxygen atoms in total. The average molecular weight is 481 g/mol. The number of hydrogen-bond acceptors (Lipinski definition) is 4. The van der Waals surface area contributed by atoms with Crippen molar-refractivity contribution in [3.63, 3.8) is 0 Å². The van der Waals surface area contributed by atoms with Gasteiger partial charge in [0.25, 0.3) is 0 Å². The van der Waals surface area contributed by atoms with E-state index in [1.54, 1.807) is 11.3 Å². The maximum atomic E-state index is 12.1. The van der Waals surface area contributed by atoms with Gasteiger partial charge >= 0.3 is 5.97 Å². The Balaban J connectivity index is 1.87. The van der Waals surface area contributed by atoms with E-state index in [-0.39, 0.29) is 16.6 Å². The largest absolute Gasteiger partial charge is 0.462 e. The van der Waals surface area contributed by atoms with E-state index in [0.29, 0.717) is 17.4 Å². The molecule has 1 heterocycles. The summed E-state index contributed by atoms with van der Waals surface area (Å²) in [7, 11) is 0. The van der Waals surface area contributed by atoms with Crippen LogP contribution in [0.3, 0.4) is 0 Å². The molecular formula is C29H36O2S2. The molecule has 0 unspecified atom stereocenters. The van der Waals surface area contributed by atoms with Crippen molar-refractivity contribution >= 4 is 29.1 Å². The van der Waals surface area contributed by atoms with Gasteiger partial charge in [-0.15, -0.1) is 23.1 Å². The van der Waals surface area contributed by atoms with Crippen molar-refractivity contribution in [1.29, 1.82) is 0 Å². The van der Waals surface area contributed by atoms with E-state index in [4.69, 9.17) is 4.74 Å². The first-order chi connectivity index (χ1) is 15.5. The zero-order valence-electron chi connectivity index (χ0n) is 21.1. The molecule has 0 N–H and O–H groups in total. The number of esters is 1. The van der Waals surface area contributed by atoms with E-state index < -0.39 is 0 Å². The van der Waals surface area contributed by atoms with Crippen molar-refractivity contribution in [3.8, 4) is 11.1 Å². The molecule has 0 aliphatic heterocycles. The number of thiophene rings is 1. The molecule has 0 radical (unpaired) electrons. The van der Waals surface area contributed by atoms with Crippen molar-refractivity contribution in [2.75, 3.05) is 6.61 Å². The van der Waals surface area contributed by atoms with Crippen LogP contribution in [0.2, 0.25) is 0 Å². The fourth-order valence-electron chi connectivity index (χ4n) is 4.07. The molecule has 0 aliphatic rings. The Morgan fingerprint density at radius 2 is 1.61 bits per heavy atom. The van der Waals surface area contributed by atoms with Gasteiger partial charge < -0.3 is 4.74 Å². The summed E-state index contributed by atoms with van der Waals surface area (Å²) >= 11 is 3.44. The lowest BCUT2D eigenvalue weighted by Gasteiger charge is -2.22. The predicted octanol–water partition coefficient (Wildman–Crippen LogP) is 9.00. The maximum Gasteiger partial charge on any atom is 0.348 e. The Morgan fingerprint density at radius 3 is 2.12 bits per heavy atom. The Labute approximate surface area is 207 Å². The molecule has 176 valence electrons. The molecule has 0 bridgehead atoms. The minimum atomic E-state index is -0.227. The third-order valence-corrected chi connectivity index (χ3v) is 8.66. The second kappa shape index (κ2) is 10.5. The molecule has 33 heavy (non-hydrogen) atoms. The van der Waals surface area contributed by atoms with Crippen LogP contribution in [0, 0.1) is 19.8 Å². The van der Waals surface area contributed by atoms with Gasteiger partial charge in [0.2, 0.25) is 0 Å². The van der Waals surface area contributed by atoms with Crippen molar-refractivity contribution < 1.29 is 9.53 Å². The molecular weight excluding hydrogens is 444 g/mol. The van der Waals surface area contributed by atoms with E-state index in [2.05, 4.69) is 90.9 Å². The number of carbonyl (C=O) groups is 1. The van der Waals surface area contributed by atoms with E-state index in [1.807, 2.05) is 24.8 Å². The molecule has 1 aromatic heterocycles. The quantitative estimate of drug-likeness (QED) is 0.249. The van der Waals surface area contributed by atoms with Gasteiger partial charge in [-0.2, -0.15) is 0 Å². The van der Waals surface area contributed by atoms with Crippen molar-refractivity contribution in [3.05, 3.63) is 75.0 Å². The topological polar surface area (TPSA) is 26.3 Å². The number of ether oxygens (including phenoxy) is 1. The highest BCUT2D eigenvalue weighted by Crippen LogP contribution is 2.45. The lowest BCUT2D eigenvalue weighted by molar-refractivity contribution is 0.0532. The van der Waals surface area contributed by atoms with Crippen molar-refractivity contribution in [2.24, 2.45) is 5.92 Å². The molecule has 0 spiro atoms. The van der Waals surface area contributed by atoms with E-state index in [0.717, 1.165) is 0 Å². The zero-order valence-corrected chi connectivity index (χ0v) is 22.7. The molecule has 3 aromatic rings. The first kappa shape index (κ1) is 25.6. The molecule has 4 heteroatoms.